The number of anilines is 3. The molecule has 1 heteroatoms. The molecule has 8 rings (SSSR count). The maximum atomic E-state index is 2.43. The maximum Gasteiger partial charge on any atom is 0.0546 e. The fourth-order valence-electron chi connectivity index (χ4n) is 6.37. The van der Waals surface area contributed by atoms with Gasteiger partial charge in [-0.1, -0.05) is 158 Å². The summed E-state index contributed by atoms with van der Waals surface area (Å²) in [4.78, 5) is 2.43. The van der Waals surface area contributed by atoms with Gasteiger partial charge in [0, 0.05) is 16.6 Å². The van der Waals surface area contributed by atoms with E-state index >= 15 is 0 Å². The van der Waals surface area contributed by atoms with Crippen molar-refractivity contribution in [2.75, 3.05) is 4.90 Å². The highest BCUT2D eigenvalue weighted by atomic mass is 15.1. The number of nitrogens with zero attached hydrogens (tertiary/aromatic N) is 1. The van der Waals surface area contributed by atoms with Crippen molar-refractivity contribution in [2.45, 2.75) is 0 Å². The van der Waals surface area contributed by atoms with Crippen molar-refractivity contribution in [3.8, 4) is 33.4 Å². The van der Waals surface area contributed by atoms with Gasteiger partial charge in [-0.15, -0.1) is 0 Å². The molecule has 8 aromatic rings. The molecule has 0 aliphatic heterocycles. The smallest absolute Gasteiger partial charge is 0.0546 e. The third kappa shape index (κ3) is 5.15. The zero-order valence-electron chi connectivity index (χ0n) is 24.8. The van der Waals surface area contributed by atoms with E-state index < -0.39 is 0 Å². The van der Waals surface area contributed by atoms with E-state index in [1.807, 2.05) is 0 Å². The van der Waals surface area contributed by atoms with Crippen LogP contribution < -0.4 is 4.90 Å². The highest BCUT2D eigenvalue weighted by molar-refractivity contribution is 6.02. The summed E-state index contributed by atoms with van der Waals surface area (Å²) in [5.74, 6) is 0. The zero-order valence-corrected chi connectivity index (χ0v) is 24.8. The van der Waals surface area contributed by atoms with Crippen molar-refractivity contribution >= 4 is 38.6 Å². The van der Waals surface area contributed by atoms with Gasteiger partial charge >= 0.3 is 0 Å². The Morgan fingerprint density at radius 2 is 0.844 bits per heavy atom. The second-order valence-corrected chi connectivity index (χ2v) is 11.4. The highest BCUT2D eigenvalue weighted by Crippen LogP contribution is 2.45. The minimum absolute atomic E-state index is 1.11. The van der Waals surface area contributed by atoms with Gasteiger partial charge in [-0.25, -0.2) is 0 Å². The molecular formula is C44H31N. The Kier molecular flexibility index (Phi) is 6.90. The molecule has 45 heavy (non-hydrogen) atoms. The molecule has 1 nitrogen and oxygen atoms in total. The lowest BCUT2D eigenvalue weighted by Gasteiger charge is -2.30. The van der Waals surface area contributed by atoms with Crippen molar-refractivity contribution in [1.29, 1.82) is 0 Å². The van der Waals surface area contributed by atoms with Crippen LogP contribution in [-0.4, -0.2) is 0 Å². The fourth-order valence-corrected chi connectivity index (χ4v) is 6.37. The first-order chi connectivity index (χ1) is 22.3. The van der Waals surface area contributed by atoms with E-state index in [9.17, 15) is 0 Å². The van der Waals surface area contributed by atoms with Crippen molar-refractivity contribution in [1.82, 2.24) is 0 Å². The monoisotopic (exact) mass is 573 g/mol. The van der Waals surface area contributed by atoms with Crippen LogP contribution in [0.3, 0.4) is 0 Å². The summed E-state index contributed by atoms with van der Waals surface area (Å²) >= 11 is 0. The SMILES string of the molecule is c1ccc(-c2ccc(N(c3cc(-c4ccc5ccccc5c4)ccc3-c3ccccc3)c3cccc4ccccc34)cc2)cc1. The van der Waals surface area contributed by atoms with Gasteiger partial charge in [0.2, 0.25) is 0 Å². The van der Waals surface area contributed by atoms with Crippen molar-refractivity contribution in [3.05, 3.63) is 188 Å². The average Bonchev–Trinajstić information content (AvgIpc) is 3.13. The number of fused-ring (bicyclic) bond motifs is 2. The summed E-state index contributed by atoms with van der Waals surface area (Å²) in [7, 11) is 0. The third-order valence-corrected chi connectivity index (χ3v) is 8.65. The molecule has 0 fully saturated rings. The predicted octanol–water partition coefficient (Wildman–Crippen LogP) is 12.5. The van der Waals surface area contributed by atoms with Gasteiger partial charge < -0.3 is 4.90 Å². The second kappa shape index (κ2) is 11.6. The molecule has 0 N–H and O–H groups in total. The number of rotatable bonds is 6. The highest BCUT2D eigenvalue weighted by Gasteiger charge is 2.20. The largest absolute Gasteiger partial charge is 0.309 e. The molecule has 0 saturated carbocycles. The van der Waals surface area contributed by atoms with E-state index in [1.165, 1.54) is 54.9 Å². The lowest BCUT2D eigenvalue weighted by atomic mass is 9.95. The summed E-state index contributed by atoms with van der Waals surface area (Å²) < 4.78 is 0. The van der Waals surface area contributed by atoms with Crippen LogP contribution in [0.4, 0.5) is 17.1 Å². The van der Waals surface area contributed by atoms with Gasteiger partial charge in [-0.2, -0.15) is 0 Å². The van der Waals surface area contributed by atoms with E-state index in [0.717, 1.165) is 17.1 Å². The molecule has 0 spiro atoms. The normalized spacial score (nSPS) is 11.1. The maximum absolute atomic E-state index is 2.43. The van der Waals surface area contributed by atoms with Gasteiger partial charge in [0.15, 0.2) is 0 Å². The molecule has 0 atom stereocenters. The van der Waals surface area contributed by atoms with Crippen LogP contribution >= 0.6 is 0 Å². The molecule has 0 aliphatic carbocycles. The molecule has 8 aromatic carbocycles. The Balaban J connectivity index is 1.38. The van der Waals surface area contributed by atoms with E-state index in [4.69, 9.17) is 0 Å². The van der Waals surface area contributed by atoms with Crippen molar-refractivity contribution in [2.24, 2.45) is 0 Å². The molecule has 0 aromatic heterocycles. The van der Waals surface area contributed by atoms with Crippen LogP contribution in [0, 0.1) is 0 Å². The Morgan fingerprint density at radius 1 is 0.289 bits per heavy atom. The molecule has 0 saturated heterocycles. The molecule has 0 bridgehead atoms. The molecule has 0 heterocycles. The lowest BCUT2D eigenvalue weighted by molar-refractivity contribution is 1.30. The Bertz CT molecular complexity index is 2250. The molecular weight excluding hydrogens is 542 g/mol. The van der Waals surface area contributed by atoms with Crippen LogP contribution in [0.2, 0.25) is 0 Å². The molecule has 0 radical (unpaired) electrons. The molecule has 0 unspecified atom stereocenters. The number of hydrogen-bond acceptors (Lipinski definition) is 1. The van der Waals surface area contributed by atoms with Crippen LogP contribution in [0.5, 0.6) is 0 Å². The van der Waals surface area contributed by atoms with Crippen LogP contribution in [0.1, 0.15) is 0 Å². The molecule has 0 amide bonds. The minimum Gasteiger partial charge on any atom is -0.309 e. The molecule has 0 aliphatic rings. The van der Waals surface area contributed by atoms with Gasteiger partial charge in [-0.3, -0.25) is 0 Å². The first-order valence-electron chi connectivity index (χ1n) is 15.4. The van der Waals surface area contributed by atoms with E-state index in [1.54, 1.807) is 0 Å². The Morgan fingerprint density at radius 3 is 1.62 bits per heavy atom. The predicted molar refractivity (Wildman–Crippen MR) is 192 cm³/mol. The Hall–Kier alpha value is -5.92. The standard InChI is InChI=1S/C44H31N/c1-3-12-32(13-4-1)34-24-27-40(28-25-34)45(43-21-11-19-36-17-9-10-20-41(36)43)44-31-39(26-29-42(44)35-15-5-2-6-16-35)38-23-22-33-14-7-8-18-37(33)30-38/h1-31H. The van der Waals surface area contributed by atoms with E-state index in [-0.39, 0.29) is 0 Å². The second-order valence-electron chi connectivity index (χ2n) is 11.4. The minimum atomic E-state index is 1.11. The summed E-state index contributed by atoms with van der Waals surface area (Å²) in [5, 5.41) is 4.92. The van der Waals surface area contributed by atoms with Crippen molar-refractivity contribution in [3.63, 3.8) is 0 Å². The average molecular weight is 574 g/mol. The lowest BCUT2D eigenvalue weighted by Crippen LogP contribution is -2.12. The number of benzene rings is 8. The van der Waals surface area contributed by atoms with Gasteiger partial charge in [-0.05, 0) is 74.3 Å². The van der Waals surface area contributed by atoms with Crippen LogP contribution in [0.25, 0.3) is 54.9 Å². The summed E-state index contributed by atoms with van der Waals surface area (Å²) in [6.45, 7) is 0. The first kappa shape index (κ1) is 26.7. The van der Waals surface area contributed by atoms with Gasteiger partial charge in [0.25, 0.3) is 0 Å². The van der Waals surface area contributed by atoms with E-state index in [2.05, 4.69) is 193 Å². The zero-order chi connectivity index (χ0) is 30.0. The molecule has 212 valence electrons. The van der Waals surface area contributed by atoms with E-state index in [0.29, 0.717) is 0 Å². The summed E-state index contributed by atoms with van der Waals surface area (Å²) in [6, 6.07) is 67.8. The van der Waals surface area contributed by atoms with Crippen molar-refractivity contribution < 1.29 is 0 Å². The summed E-state index contributed by atoms with van der Waals surface area (Å²) in [6.07, 6.45) is 0. The third-order valence-electron chi connectivity index (χ3n) is 8.65. The van der Waals surface area contributed by atoms with Crippen LogP contribution in [0.15, 0.2) is 188 Å². The number of hydrogen-bond donors (Lipinski definition) is 0. The van der Waals surface area contributed by atoms with Crippen LogP contribution in [-0.2, 0) is 0 Å². The Labute approximate surface area is 264 Å². The fraction of sp³-hybridized carbons (Fsp3) is 0. The van der Waals surface area contributed by atoms with Gasteiger partial charge in [0.1, 0.15) is 0 Å². The quantitative estimate of drug-likeness (QED) is 0.191. The topological polar surface area (TPSA) is 3.24 Å². The van der Waals surface area contributed by atoms with Gasteiger partial charge in [0.05, 0.1) is 11.4 Å². The summed E-state index contributed by atoms with van der Waals surface area (Å²) in [5.41, 5.74) is 10.6. The first-order valence-corrected chi connectivity index (χ1v) is 15.4.